The Kier molecular flexibility index (Phi) is 4.83. The van der Waals surface area contributed by atoms with Crippen LogP contribution in [0.25, 0.3) is 0 Å². The molecule has 3 aliphatic rings. The van der Waals surface area contributed by atoms with Crippen LogP contribution in [-0.2, 0) is 0 Å². The van der Waals surface area contributed by atoms with E-state index >= 15 is 0 Å². The molecule has 3 aliphatic heterocycles. The second-order valence-corrected chi connectivity index (χ2v) is 7.79. The van der Waals surface area contributed by atoms with Crippen molar-refractivity contribution in [3.63, 3.8) is 0 Å². The van der Waals surface area contributed by atoms with Crippen LogP contribution in [0.5, 0.6) is 0 Å². The topological polar surface area (TPSA) is 29.0 Å². The quantitative estimate of drug-likeness (QED) is 0.618. The molecule has 0 radical (unpaired) electrons. The molecule has 0 amide bonds. The van der Waals surface area contributed by atoms with Gasteiger partial charge in [0.15, 0.2) is 0 Å². The summed E-state index contributed by atoms with van der Waals surface area (Å²) in [6.45, 7) is 3.60. The summed E-state index contributed by atoms with van der Waals surface area (Å²) in [5.41, 5.74) is 1.89. The van der Waals surface area contributed by atoms with E-state index in [1.165, 1.54) is 55.5 Å². The molecule has 0 unspecified atom stereocenters. The van der Waals surface area contributed by atoms with Crippen LogP contribution in [-0.4, -0.2) is 39.0 Å². The molecule has 3 nitrogen and oxygen atoms in total. The first-order valence-corrected chi connectivity index (χ1v) is 9.93. The van der Waals surface area contributed by atoms with Crippen LogP contribution < -0.4 is 0 Å². The fraction of sp³-hybridized carbons (Fsp3) is 0.444. The molecule has 0 N–H and O–H groups in total. The molecule has 2 aromatic rings. The zero-order valence-corrected chi connectivity index (χ0v) is 14.9. The predicted octanol–water partition coefficient (Wildman–Crippen LogP) is 3.63. The van der Waals surface area contributed by atoms with Gasteiger partial charge in [0.25, 0.3) is 0 Å². The number of hydrogen-bond acceptors (Lipinski definition) is 5. The Balaban J connectivity index is 1.41. The summed E-state index contributed by atoms with van der Waals surface area (Å²) >= 11 is 2.96. The van der Waals surface area contributed by atoms with Crippen molar-refractivity contribution < 1.29 is 4.39 Å². The number of piperidine rings is 3. The molecular weight excluding hydrogens is 341 g/mol. The first-order chi connectivity index (χ1) is 11.8. The van der Waals surface area contributed by atoms with E-state index in [1.54, 1.807) is 17.8 Å². The Hall–Kier alpha value is -1.42. The van der Waals surface area contributed by atoms with E-state index in [-0.39, 0.29) is 5.82 Å². The lowest BCUT2D eigenvalue weighted by atomic mass is 9.78. The van der Waals surface area contributed by atoms with E-state index in [9.17, 15) is 4.39 Å². The van der Waals surface area contributed by atoms with Gasteiger partial charge in [-0.25, -0.2) is 4.39 Å². The molecule has 2 bridgehead atoms. The van der Waals surface area contributed by atoms with Gasteiger partial charge in [-0.3, -0.25) is 0 Å². The molecule has 1 aromatic heterocycles. The Morgan fingerprint density at radius 3 is 2.92 bits per heavy atom. The van der Waals surface area contributed by atoms with Gasteiger partial charge < -0.3 is 4.90 Å². The van der Waals surface area contributed by atoms with E-state index in [2.05, 4.69) is 25.5 Å². The third-order valence-corrected chi connectivity index (χ3v) is 6.35. The molecule has 0 saturated carbocycles. The summed E-state index contributed by atoms with van der Waals surface area (Å²) in [6, 6.07) is 6.40. The van der Waals surface area contributed by atoms with Crippen molar-refractivity contribution in [3.05, 3.63) is 41.3 Å². The highest BCUT2D eigenvalue weighted by Gasteiger charge is 2.37. The minimum Gasteiger partial charge on any atom is -0.303 e. The van der Waals surface area contributed by atoms with Crippen molar-refractivity contribution in [1.29, 1.82) is 0 Å². The smallest absolute Gasteiger partial charge is 0.134 e. The largest absolute Gasteiger partial charge is 0.303 e. The lowest BCUT2D eigenvalue weighted by Crippen LogP contribution is -2.46. The summed E-state index contributed by atoms with van der Waals surface area (Å²) in [5, 5.41) is 1.03. The van der Waals surface area contributed by atoms with Gasteiger partial charge >= 0.3 is 0 Å². The van der Waals surface area contributed by atoms with Gasteiger partial charge in [-0.05, 0) is 50.0 Å². The molecule has 5 rings (SSSR count). The van der Waals surface area contributed by atoms with Gasteiger partial charge in [-0.2, -0.15) is 8.75 Å². The zero-order chi connectivity index (χ0) is 16.4. The molecule has 0 aliphatic carbocycles. The summed E-state index contributed by atoms with van der Waals surface area (Å²) in [4.78, 5) is 2.54. The maximum Gasteiger partial charge on any atom is 0.134 e. The zero-order valence-electron chi connectivity index (χ0n) is 13.2. The number of halogens is 1. The Bertz CT molecular complexity index is 772. The van der Waals surface area contributed by atoms with Gasteiger partial charge in [-0.15, -0.1) is 0 Å². The summed E-state index contributed by atoms with van der Waals surface area (Å²) in [6.07, 6.45) is 2.57. The first-order valence-electron chi connectivity index (χ1n) is 8.21. The van der Waals surface area contributed by atoms with Crippen LogP contribution >= 0.6 is 23.5 Å². The average Bonchev–Trinajstić information content (AvgIpc) is 3.08. The normalized spacial score (nSPS) is 25.3. The van der Waals surface area contributed by atoms with Crippen LogP contribution in [0.4, 0.5) is 4.39 Å². The van der Waals surface area contributed by atoms with Crippen molar-refractivity contribution in [2.75, 3.05) is 25.4 Å². The fourth-order valence-corrected chi connectivity index (χ4v) is 5.11. The van der Waals surface area contributed by atoms with Crippen molar-refractivity contribution >= 4 is 23.5 Å². The van der Waals surface area contributed by atoms with Crippen LogP contribution in [0.2, 0.25) is 0 Å². The van der Waals surface area contributed by atoms with Crippen molar-refractivity contribution in [2.24, 2.45) is 5.92 Å². The van der Waals surface area contributed by atoms with Crippen LogP contribution in [0.3, 0.4) is 0 Å². The maximum absolute atomic E-state index is 13.1. The number of rotatable bonds is 3. The highest BCUT2D eigenvalue weighted by molar-refractivity contribution is 7.99. The summed E-state index contributed by atoms with van der Waals surface area (Å²) in [5.74, 6) is 7.81. The molecule has 1 aromatic carbocycles. The first kappa shape index (κ1) is 16.1. The Labute approximate surface area is 150 Å². The van der Waals surface area contributed by atoms with Gasteiger partial charge in [0.1, 0.15) is 10.8 Å². The fourth-order valence-electron chi connectivity index (χ4n) is 3.60. The lowest BCUT2D eigenvalue weighted by molar-refractivity contribution is 0.0846. The molecular formula is C18H18FN3S2. The molecule has 3 fully saturated rings. The second kappa shape index (κ2) is 7.22. The molecule has 124 valence electrons. The van der Waals surface area contributed by atoms with Crippen molar-refractivity contribution in [3.8, 4) is 11.8 Å². The van der Waals surface area contributed by atoms with Gasteiger partial charge in [-0.1, -0.05) is 29.7 Å². The monoisotopic (exact) mass is 359 g/mol. The van der Waals surface area contributed by atoms with Gasteiger partial charge in [0.2, 0.25) is 0 Å². The molecule has 1 atom stereocenters. The average molecular weight is 359 g/mol. The Morgan fingerprint density at radius 2 is 2.17 bits per heavy atom. The van der Waals surface area contributed by atoms with E-state index in [4.69, 9.17) is 0 Å². The number of aromatic nitrogens is 2. The number of nitrogens with zero attached hydrogens (tertiary/aromatic N) is 3. The molecule has 24 heavy (non-hydrogen) atoms. The third-order valence-electron chi connectivity index (χ3n) is 4.83. The minimum atomic E-state index is -0.247. The molecule has 4 heterocycles. The highest BCUT2D eigenvalue weighted by atomic mass is 32.2. The molecule has 0 spiro atoms. The van der Waals surface area contributed by atoms with Crippen LogP contribution in [0.1, 0.15) is 30.0 Å². The summed E-state index contributed by atoms with van der Waals surface area (Å²) < 4.78 is 22.2. The molecule has 3 saturated heterocycles. The predicted molar refractivity (Wildman–Crippen MR) is 95.8 cm³/mol. The molecule has 6 heteroatoms. The number of fused-ring (bicyclic) bond motifs is 3. The third kappa shape index (κ3) is 3.49. The van der Waals surface area contributed by atoms with E-state index in [0.717, 1.165) is 17.5 Å². The van der Waals surface area contributed by atoms with Crippen molar-refractivity contribution in [2.45, 2.75) is 23.8 Å². The Morgan fingerprint density at radius 1 is 1.29 bits per heavy atom. The summed E-state index contributed by atoms with van der Waals surface area (Å²) in [7, 11) is 0. The number of benzene rings is 1. The highest BCUT2D eigenvalue weighted by Crippen LogP contribution is 2.41. The second-order valence-electron chi connectivity index (χ2n) is 6.30. The van der Waals surface area contributed by atoms with Crippen LogP contribution in [0, 0.1) is 23.6 Å². The van der Waals surface area contributed by atoms with Gasteiger partial charge in [0.05, 0.1) is 23.2 Å². The standard InChI is InChI=1S/C18H18FN3S2/c19-15-5-1-3-13(11-15)4-2-10-23-18-17(20-24-21-18)16-12-22-8-6-14(16)7-9-22/h1,3,5,11,14,16H,6-10,12H2/t16-/m1/s1. The minimum absolute atomic E-state index is 0.247. The van der Waals surface area contributed by atoms with Crippen LogP contribution in [0.15, 0.2) is 29.3 Å². The van der Waals surface area contributed by atoms with E-state index in [1.807, 2.05) is 6.07 Å². The SMILES string of the molecule is Fc1cccc(C#CCSc2nsnc2[C@@H]2CN3CCC2CC3)c1. The van der Waals surface area contributed by atoms with Gasteiger partial charge in [0, 0.05) is 18.0 Å². The number of thioether (sulfide) groups is 1. The number of hydrogen-bond donors (Lipinski definition) is 0. The van der Waals surface area contributed by atoms with Crippen molar-refractivity contribution in [1.82, 2.24) is 13.6 Å². The maximum atomic E-state index is 13.1. The lowest BCUT2D eigenvalue weighted by Gasteiger charge is -2.44. The van der Waals surface area contributed by atoms with E-state index < -0.39 is 0 Å². The van der Waals surface area contributed by atoms with E-state index in [0.29, 0.717) is 17.2 Å².